The Morgan fingerprint density at radius 1 is 1.35 bits per heavy atom. The zero-order chi connectivity index (χ0) is 12.6. The van der Waals surface area contributed by atoms with Crippen LogP contribution in [0.15, 0.2) is 29.2 Å². The zero-order valence-electron chi connectivity index (χ0n) is 8.78. The van der Waals surface area contributed by atoms with Crippen LogP contribution in [0.4, 0.5) is 5.69 Å². The van der Waals surface area contributed by atoms with Gasteiger partial charge in [-0.15, -0.1) is 0 Å². The summed E-state index contributed by atoms with van der Waals surface area (Å²) in [4.78, 5) is 12.5. The van der Waals surface area contributed by atoms with E-state index in [1.807, 2.05) is 0 Å². The highest BCUT2D eigenvalue weighted by Crippen LogP contribution is 2.24. The van der Waals surface area contributed by atoms with E-state index in [2.05, 4.69) is 0 Å². The SMILES string of the molecule is O=C1CC(O)CN1c1cccc(S(=O)(=O)O)c1. The molecule has 0 aliphatic carbocycles. The Hall–Kier alpha value is -1.44. The van der Waals surface area contributed by atoms with Gasteiger partial charge in [-0.25, -0.2) is 0 Å². The lowest BCUT2D eigenvalue weighted by Crippen LogP contribution is -2.25. The van der Waals surface area contributed by atoms with Crippen LogP contribution in [0.5, 0.6) is 0 Å². The van der Waals surface area contributed by atoms with Crippen LogP contribution in [-0.4, -0.2) is 36.6 Å². The number of amides is 1. The lowest BCUT2D eigenvalue weighted by Gasteiger charge is -2.16. The number of benzene rings is 1. The molecular formula is C10H11NO5S. The topological polar surface area (TPSA) is 94.9 Å². The Labute approximate surface area is 98.2 Å². The molecule has 7 heteroatoms. The van der Waals surface area contributed by atoms with Gasteiger partial charge in [0.15, 0.2) is 0 Å². The number of carbonyl (C=O) groups excluding carboxylic acids is 1. The average molecular weight is 257 g/mol. The Balaban J connectivity index is 2.38. The highest BCUT2D eigenvalue weighted by molar-refractivity contribution is 7.85. The van der Waals surface area contributed by atoms with Crippen molar-refractivity contribution in [1.29, 1.82) is 0 Å². The second kappa shape index (κ2) is 4.10. The molecule has 17 heavy (non-hydrogen) atoms. The van der Waals surface area contributed by atoms with Gasteiger partial charge in [-0.05, 0) is 18.2 Å². The van der Waals surface area contributed by atoms with Gasteiger partial charge in [0.25, 0.3) is 10.1 Å². The summed E-state index contributed by atoms with van der Waals surface area (Å²) in [6.45, 7) is 0.133. The first-order valence-electron chi connectivity index (χ1n) is 4.94. The zero-order valence-corrected chi connectivity index (χ0v) is 9.59. The molecule has 1 amide bonds. The van der Waals surface area contributed by atoms with Crippen molar-refractivity contribution in [3.8, 4) is 0 Å². The van der Waals surface area contributed by atoms with Crippen molar-refractivity contribution in [3.63, 3.8) is 0 Å². The molecule has 1 heterocycles. The smallest absolute Gasteiger partial charge is 0.294 e. The molecule has 2 N–H and O–H groups in total. The maximum Gasteiger partial charge on any atom is 0.294 e. The van der Waals surface area contributed by atoms with Crippen LogP contribution in [0.25, 0.3) is 0 Å². The Morgan fingerprint density at radius 3 is 2.59 bits per heavy atom. The van der Waals surface area contributed by atoms with Crippen molar-refractivity contribution in [1.82, 2.24) is 0 Å². The number of nitrogens with zero attached hydrogens (tertiary/aromatic N) is 1. The fourth-order valence-corrected chi connectivity index (χ4v) is 2.27. The predicted molar refractivity (Wildman–Crippen MR) is 59.2 cm³/mol. The fourth-order valence-electron chi connectivity index (χ4n) is 1.75. The molecular weight excluding hydrogens is 246 g/mol. The molecule has 1 unspecified atom stereocenters. The van der Waals surface area contributed by atoms with Crippen LogP contribution >= 0.6 is 0 Å². The lowest BCUT2D eigenvalue weighted by atomic mass is 10.3. The van der Waals surface area contributed by atoms with Crippen molar-refractivity contribution in [3.05, 3.63) is 24.3 Å². The minimum Gasteiger partial charge on any atom is -0.391 e. The largest absolute Gasteiger partial charge is 0.391 e. The number of aliphatic hydroxyl groups excluding tert-OH is 1. The lowest BCUT2D eigenvalue weighted by molar-refractivity contribution is -0.117. The van der Waals surface area contributed by atoms with Crippen molar-refractivity contribution >= 4 is 21.7 Å². The van der Waals surface area contributed by atoms with Crippen LogP contribution < -0.4 is 4.90 Å². The molecule has 2 rings (SSSR count). The second-order valence-electron chi connectivity index (χ2n) is 3.83. The molecule has 1 aliphatic rings. The molecule has 0 bridgehead atoms. The van der Waals surface area contributed by atoms with Gasteiger partial charge in [0.05, 0.1) is 24.0 Å². The number of β-amino-alcohol motifs (C(OH)–C–C–N with tert-alkyl or cyclic N) is 1. The molecule has 1 aromatic rings. The first-order chi connectivity index (χ1) is 7.88. The molecule has 1 aliphatic heterocycles. The van der Waals surface area contributed by atoms with E-state index >= 15 is 0 Å². The monoisotopic (exact) mass is 257 g/mol. The fraction of sp³-hybridized carbons (Fsp3) is 0.300. The Kier molecular flexibility index (Phi) is 2.90. The molecule has 0 radical (unpaired) electrons. The second-order valence-corrected chi connectivity index (χ2v) is 5.26. The summed E-state index contributed by atoms with van der Waals surface area (Å²) in [5.41, 5.74) is 0.349. The third-order valence-corrected chi connectivity index (χ3v) is 3.38. The first kappa shape index (κ1) is 12.0. The van der Waals surface area contributed by atoms with Gasteiger partial charge in [-0.3, -0.25) is 9.35 Å². The van der Waals surface area contributed by atoms with E-state index in [1.54, 1.807) is 6.07 Å². The van der Waals surface area contributed by atoms with Gasteiger partial charge in [0.1, 0.15) is 0 Å². The molecule has 92 valence electrons. The van der Waals surface area contributed by atoms with Crippen molar-refractivity contribution in [2.45, 2.75) is 17.4 Å². The summed E-state index contributed by atoms with van der Waals surface area (Å²) < 4.78 is 30.8. The molecule has 0 spiro atoms. The maximum absolute atomic E-state index is 11.5. The third-order valence-electron chi connectivity index (χ3n) is 2.53. The van der Waals surface area contributed by atoms with Crippen LogP contribution in [0.1, 0.15) is 6.42 Å². The summed E-state index contributed by atoms with van der Waals surface area (Å²) in [7, 11) is -4.29. The average Bonchev–Trinajstić information content (AvgIpc) is 2.57. The number of rotatable bonds is 2. The number of carbonyl (C=O) groups is 1. The van der Waals surface area contributed by atoms with Gasteiger partial charge < -0.3 is 10.0 Å². The first-order valence-corrected chi connectivity index (χ1v) is 6.38. The van der Waals surface area contributed by atoms with Crippen LogP contribution in [0, 0.1) is 0 Å². The van der Waals surface area contributed by atoms with Crippen molar-refractivity contribution in [2.75, 3.05) is 11.4 Å². The molecule has 0 aromatic heterocycles. The van der Waals surface area contributed by atoms with E-state index in [1.165, 1.54) is 23.1 Å². The molecule has 1 atom stereocenters. The maximum atomic E-state index is 11.5. The summed E-state index contributed by atoms with van der Waals surface area (Å²) in [5, 5.41) is 9.33. The van der Waals surface area contributed by atoms with Gasteiger partial charge >= 0.3 is 0 Å². The normalized spacial score (nSPS) is 20.9. The Morgan fingerprint density at radius 2 is 2.06 bits per heavy atom. The number of anilines is 1. The standard InChI is InChI=1S/C10H11NO5S/c12-8-5-10(13)11(6-8)7-2-1-3-9(4-7)17(14,15)16/h1-4,8,12H,5-6H2,(H,14,15,16). The minimum absolute atomic E-state index is 0.0239. The number of aliphatic hydroxyl groups is 1. The van der Waals surface area contributed by atoms with Gasteiger partial charge in [0.2, 0.25) is 5.91 Å². The molecule has 1 fully saturated rings. The van der Waals surface area contributed by atoms with Crippen molar-refractivity contribution < 1.29 is 22.9 Å². The number of hydrogen-bond acceptors (Lipinski definition) is 4. The van der Waals surface area contributed by atoms with E-state index in [9.17, 15) is 18.3 Å². The van der Waals surface area contributed by atoms with Gasteiger partial charge in [-0.2, -0.15) is 8.42 Å². The highest BCUT2D eigenvalue weighted by Gasteiger charge is 2.29. The third kappa shape index (κ3) is 2.46. The van der Waals surface area contributed by atoms with Crippen molar-refractivity contribution in [2.24, 2.45) is 0 Å². The summed E-state index contributed by atoms with van der Waals surface area (Å²) in [6.07, 6.45) is -0.715. The summed E-state index contributed by atoms with van der Waals surface area (Å²) in [6, 6.07) is 5.40. The molecule has 1 aromatic carbocycles. The van der Waals surface area contributed by atoms with E-state index < -0.39 is 16.2 Å². The Bertz CT molecular complexity index is 554. The van der Waals surface area contributed by atoms with Crippen LogP contribution in [0.2, 0.25) is 0 Å². The van der Waals surface area contributed by atoms with E-state index in [-0.39, 0.29) is 23.8 Å². The quantitative estimate of drug-likeness (QED) is 0.729. The highest BCUT2D eigenvalue weighted by atomic mass is 32.2. The summed E-state index contributed by atoms with van der Waals surface area (Å²) >= 11 is 0. The van der Waals surface area contributed by atoms with E-state index in [0.29, 0.717) is 5.69 Å². The number of hydrogen-bond donors (Lipinski definition) is 2. The molecule has 0 saturated carbocycles. The minimum atomic E-state index is -4.29. The van der Waals surface area contributed by atoms with Crippen LogP contribution in [0.3, 0.4) is 0 Å². The summed E-state index contributed by atoms with van der Waals surface area (Å²) in [5.74, 6) is -0.273. The van der Waals surface area contributed by atoms with E-state index in [0.717, 1.165) is 0 Å². The molecule has 1 saturated heterocycles. The molecule has 6 nitrogen and oxygen atoms in total. The van der Waals surface area contributed by atoms with Crippen LogP contribution in [-0.2, 0) is 14.9 Å². The van der Waals surface area contributed by atoms with Gasteiger partial charge in [0, 0.05) is 5.69 Å². The van der Waals surface area contributed by atoms with Gasteiger partial charge in [-0.1, -0.05) is 6.07 Å². The van der Waals surface area contributed by atoms with E-state index in [4.69, 9.17) is 4.55 Å². The predicted octanol–water partition coefficient (Wildman–Crippen LogP) is 0.0309.